The summed E-state index contributed by atoms with van der Waals surface area (Å²) < 4.78 is 18.0. The van der Waals surface area contributed by atoms with Gasteiger partial charge in [-0.2, -0.15) is 0 Å². The molecule has 1 aromatic rings. The van der Waals surface area contributed by atoms with Crippen molar-refractivity contribution < 1.29 is 13.9 Å². The molecule has 0 spiro atoms. The molecular weight excluding hydrogens is 209 g/mol. The van der Waals surface area contributed by atoms with Crippen molar-refractivity contribution in [1.82, 2.24) is 0 Å². The first-order valence-electron chi connectivity index (χ1n) is 5.39. The molecule has 1 saturated carbocycles. The molecule has 0 amide bonds. The summed E-state index contributed by atoms with van der Waals surface area (Å²) >= 11 is 0. The summed E-state index contributed by atoms with van der Waals surface area (Å²) in [5.41, 5.74) is 5.94. The maximum Gasteiger partial charge on any atom is 0.340 e. The second kappa shape index (κ2) is 4.51. The van der Waals surface area contributed by atoms with E-state index >= 15 is 0 Å². The zero-order valence-corrected chi connectivity index (χ0v) is 8.91. The first-order chi connectivity index (χ1) is 7.66. The van der Waals surface area contributed by atoms with Gasteiger partial charge >= 0.3 is 5.97 Å². The van der Waals surface area contributed by atoms with E-state index in [1.807, 2.05) is 0 Å². The van der Waals surface area contributed by atoms with E-state index in [-0.39, 0.29) is 11.3 Å². The summed E-state index contributed by atoms with van der Waals surface area (Å²) in [6, 6.07) is 3.70. The Morgan fingerprint density at radius 2 is 2.25 bits per heavy atom. The molecule has 0 saturated heterocycles. The van der Waals surface area contributed by atoms with Crippen LogP contribution in [0.3, 0.4) is 0 Å². The predicted molar refractivity (Wildman–Crippen MR) is 58.4 cm³/mol. The number of anilines is 1. The maximum atomic E-state index is 12.9. The van der Waals surface area contributed by atoms with Gasteiger partial charge in [0.2, 0.25) is 0 Å². The quantitative estimate of drug-likeness (QED) is 0.632. The summed E-state index contributed by atoms with van der Waals surface area (Å²) in [6.45, 7) is 0.411. The number of carbonyl (C=O) groups is 1. The van der Waals surface area contributed by atoms with Crippen molar-refractivity contribution in [2.75, 3.05) is 12.3 Å². The lowest BCUT2D eigenvalue weighted by Crippen LogP contribution is -2.20. The van der Waals surface area contributed by atoms with E-state index in [2.05, 4.69) is 0 Å². The largest absolute Gasteiger partial charge is 0.462 e. The molecule has 0 heterocycles. The SMILES string of the molecule is Nc1ccc(F)cc1C(=O)OCC1CCC1. The molecule has 2 rings (SSSR count). The van der Waals surface area contributed by atoms with Crippen molar-refractivity contribution in [3.63, 3.8) is 0 Å². The zero-order valence-electron chi connectivity index (χ0n) is 8.91. The molecule has 1 aliphatic carbocycles. The monoisotopic (exact) mass is 223 g/mol. The molecule has 0 radical (unpaired) electrons. The molecule has 1 aromatic carbocycles. The van der Waals surface area contributed by atoms with Crippen LogP contribution in [-0.4, -0.2) is 12.6 Å². The Kier molecular flexibility index (Phi) is 3.08. The molecule has 4 heteroatoms. The third-order valence-corrected chi connectivity index (χ3v) is 2.91. The molecule has 86 valence electrons. The Bertz CT molecular complexity index is 402. The normalized spacial score (nSPS) is 15.6. The van der Waals surface area contributed by atoms with Crippen LogP contribution in [-0.2, 0) is 4.74 Å². The van der Waals surface area contributed by atoms with Crippen LogP contribution in [0.25, 0.3) is 0 Å². The van der Waals surface area contributed by atoms with E-state index in [4.69, 9.17) is 10.5 Å². The number of carbonyl (C=O) groups excluding carboxylic acids is 1. The molecular formula is C12H14FNO2. The highest BCUT2D eigenvalue weighted by molar-refractivity contribution is 5.95. The van der Waals surface area contributed by atoms with Gasteiger partial charge in [-0.25, -0.2) is 9.18 Å². The van der Waals surface area contributed by atoms with Gasteiger partial charge in [0.25, 0.3) is 0 Å². The summed E-state index contributed by atoms with van der Waals surface area (Å²) in [5, 5.41) is 0. The highest BCUT2D eigenvalue weighted by Gasteiger charge is 2.20. The molecule has 0 aromatic heterocycles. The van der Waals surface area contributed by atoms with Crippen LogP contribution in [0, 0.1) is 11.7 Å². The van der Waals surface area contributed by atoms with Crippen LogP contribution in [0.5, 0.6) is 0 Å². The van der Waals surface area contributed by atoms with Crippen LogP contribution >= 0.6 is 0 Å². The smallest absolute Gasteiger partial charge is 0.340 e. The second-order valence-electron chi connectivity index (χ2n) is 4.13. The predicted octanol–water partition coefficient (Wildman–Crippen LogP) is 2.36. The van der Waals surface area contributed by atoms with Gasteiger partial charge < -0.3 is 10.5 Å². The van der Waals surface area contributed by atoms with Gasteiger partial charge in [-0.3, -0.25) is 0 Å². The Balaban J connectivity index is 1.99. The first-order valence-corrected chi connectivity index (χ1v) is 5.39. The fourth-order valence-electron chi connectivity index (χ4n) is 1.64. The van der Waals surface area contributed by atoms with Gasteiger partial charge in [0.1, 0.15) is 5.82 Å². The third kappa shape index (κ3) is 2.32. The number of nitrogens with two attached hydrogens (primary N) is 1. The van der Waals surface area contributed by atoms with Crippen molar-refractivity contribution in [2.45, 2.75) is 19.3 Å². The Labute approximate surface area is 93.4 Å². The van der Waals surface area contributed by atoms with Crippen LogP contribution in [0.1, 0.15) is 29.6 Å². The van der Waals surface area contributed by atoms with E-state index in [1.165, 1.54) is 18.6 Å². The molecule has 0 bridgehead atoms. The van der Waals surface area contributed by atoms with Crippen molar-refractivity contribution >= 4 is 11.7 Å². The number of benzene rings is 1. The minimum atomic E-state index is -0.538. The highest BCUT2D eigenvalue weighted by atomic mass is 19.1. The number of halogens is 1. The molecule has 16 heavy (non-hydrogen) atoms. The summed E-state index contributed by atoms with van der Waals surface area (Å²) in [5.74, 6) is -0.549. The van der Waals surface area contributed by atoms with Crippen LogP contribution in [0.4, 0.5) is 10.1 Å². The molecule has 2 N–H and O–H groups in total. The molecule has 1 fully saturated rings. The van der Waals surface area contributed by atoms with Gasteiger partial charge in [-0.1, -0.05) is 6.42 Å². The Morgan fingerprint density at radius 3 is 2.88 bits per heavy atom. The fraction of sp³-hybridized carbons (Fsp3) is 0.417. The number of ether oxygens (including phenoxy) is 1. The number of rotatable bonds is 3. The summed E-state index contributed by atoms with van der Waals surface area (Å²) in [4.78, 5) is 11.6. The van der Waals surface area contributed by atoms with E-state index < -0.39 is 11.8 Å². The first kappa shape index (κ1) is 10.9. The van der Waals surface area contributed by atoms with Crippen LogP contribution in [0.2, 0.25) is 0 Å². The zero-order chi connectivity index (χ0) is 11.5. The van der Waals surface area contributed by atoms with Crippen molar-refractivity contribution in [3.8, 4) is 0 Å². The van der Waals surface area contributed by atoms with Gasteiger partial charge in [0.05, 0.1) is 12.2 Å². The van der Waals surface area contributed by atoms with Crippen molar-refractivity contribution in [1.29, 1.82) is 0 Å². The number of hydrogen-bond donors (Lipinski definition) is 1. The lowest BCUT2D eigenvalue weighted by molar-refractivity contribution is 0.0372. The van der Waals surface area contributed by atoms with Gasteiger partial charge in [0, 0.05) is 5.69 Å². The average molecular weight is 223 g/mol. The van der Waals surface area contributed by atoms with Gasteiger partial charge in [0.15, 0.2) is 0 Å². The second-order valence-corrected chi connectivity index (χ2v) is 4.13. The average Bonchev–Trinajstić information content (AvgIpc) is 2.19. The van der Waals surface area contributed by atoms with Crippen LogP contribution in [0.15, 0.2) is 18.2 Å². The number of esters is 1. The van der Waals surface area contributed by atoms with E-state index in [1.54, 1.807) is 0 Å². The molecule has 1 aliphatic rings. The van der Waals surface area contributed by atoms with Crippen molar-refractivity contribution in [2.24, 2.45) is 5.92 Å². The molecule has 3 nitrogen and oxygen atoms in total. The van der Waals surface area contributed by atoms with Gasteiger partial charge in [-0.15, -0.1) is 0 Å². The van der Waals surface area contributed by atoms with Crippen LogP contribution < -0.4 is 5.73 Å². The Morgan fingerprint density at radius 1 is 1.50 bits per heavy atom. The standard InChI is InChI=1S/C12H14FNO2/c13-9-4-5-11(14)10(6-9)12(15)16-7-8-2-1-3-8/h4-6,8H,1-3,7,14H2. The van der Waals surface area contributed by atoms with E-state index in [0.29, 0.717) is 12.5 Å². The topological polar surface area (TPSA) is 52.3 Å². The summed E-state index contributed by atoms with van der Waals surface area (Å²) in [7, 11) is 0. The fourth-order valence-corrected chi connectivity index (χ4v) is 1.64. The number of hydrogen-bond acceptors (Lipinski definition) is 3. The van der Waals surface area contributed by atoms with E-state index in [9.17, 15) is 9.18 Å². The lowest BCUT2D eigenvalue weighted by atomic mass is 9.86. The minimum absolute atomic E-state index is 0.110. The maximum absolute atomic E-state index is 12.9. The molecule has 0 atom stereocenters. The molecule has 0 unspecified atom stereocenters. The van der Waals surface area contributed by atoms with E-state index in [0.717, 1.165) is 18.9 Å². The molecule has 0 aliphatic heterocycles. The summed E-state index contributed by atoms with van der Waals surface area (Å²) in [6.07, 6.45) is 3.40. The van der Waals surface area contributed by atoms with Gasteiger partial charge in [-0.05, 0) is 37.0 Å². The number of nitrogen functional groups attached to an aromatic ring is 1. The Hall–Kier alpha value is -1.58. The minimum Gasteiger partial charge on any atom is -0.462 e. The van der Waals surface area contributed by atoms with Crippen molar-refractivity contribution in [3.05, 3.63) is 29.6 Å². The third-order valence-electron chi connectivity index (χ3n) is 2.91. The highest BCUT2D eigenvalue weighted by Crippen LogP contribution is 2.26. The lowest BCUT2D eigenvalue weighted by Gasteiger charge is -2.24.